The van der Waals surface area contributed by atoms with Crippen molar-refractivity contribution in [1.29, 1.82) is 0 Å². The van der Waals surface area contributed by atoms with Crippen LogP contribution in [0.1, 0.15) is 217 Å². The second kappa shape index (κ2) is 41.4. The number of carboxylic acids is 2. The van der Waals surface area contributed by atoms with Crippen molar-refractivity contribution in [2.45, 2.75) is 263 Å². The van der Waals surface area contributed by atoms with Gasteiger partial charge in [-0.05, 0) is 42.9 Å². The number of unbranched alkanes of at least 4 members (excludes halogenated alkanes) is 22. The summed E-state index contributed by atoms with van der Waals surface area (Å²) in [7, 11) is 0. The molecule has 3 aromatic rings. The standard InChI is InChI=1S/C65H100N2O11/c1-4-6-8-10-12-14-16-18-20-22-24-35-43-55(44-36-25-23-21-19-17-15-13-11-9-7-5-2)62(70)67-57(63(71)66-56(64(72)73)45-46-58(68)69)50-77-65-61(76-49-54-41-33-28-34-42-54)60(75-48-53-39-31-27-32-40-53)59(51(3)78-65)74-47-52-37-29-26-30-38-52/h26-34,37-42,51,55-57,59-61,65H,4-25,35-36,43-50H2,1-3H3,(H,66,71)(H,67,70)(H,68,69)(H,72,73)/t51-,56-,57+,59+,60+,61-,65+/m0/s1. The second-order valence-corrected chi connectivity index (χ2v) is 21.8. The van der Waals surface area contributed by atoms with Gasteiger partial charge in [0, 0.05) is 12.3 Å². The smallest absolute Gasteiger partial charge is 0.326 e. The molecule has 0 radical (unpaired) electrons. The first-order valence-corrected chi connectivity index (χ1v) is 30.4. The number of hydrogen-bond donors (Lipinski definition) is 4. The first kappa shape index (κ1) is 65.9. The summed E-state index contributed by atoms with van der Waals surface area (Å²) >= 11 is 0. The molecule has 1 fully saturated rings. The van der Waals surface area contributed by atoms with Gasteiger partial charge in [0.15, 0.2) is 6.29 Å². The van der Waals surface area contributed by atoms with Gasteiger partial charge in [0.1, 0.15) is 30.4 Å². The molecule has 78 heavy (non-hydrogen) atoms. The van der Waals surface area contributed by atoms with Gasteiger partial charge in [-0.25, -0.2) is 4.79 Å². The van der Waals surface area contributed by atoms with Crippen LogP contribution in [-0.4, -0.2) is 83.4 Å². The third-order valence-corrected chi connectivity index (χ3v) is 15.1. The van der Waals surface area contributed by atoms with Crippen molar-refractivity contribution in [2.24, 2.45) is 5.92 Å². The second-order valence-electron chi connectivity index (χ2n) is 21.8. The van der Waals surface area contributed by atoms with E-state index < -0.39 is 73.7 Å². The minimum Gasteiger partial charge on any atom is -0.481 e. The first-order valence-electron chi connectivity index (χ1n) is 30.4. The molecule has 0 saturated carbocycles. The van der Waals surface area contributed by atoms with Crippen LogP contribution in [0, 0.1) is 5.92 Å². The van der Waals surface area contributed by atoms with Crippen LogP contribution >= 0.6 is 0 Å². The molecule has 4 rings (SSSR count). The average Bonchev–Trinajstić information content (AvgIpc) is 3.47. The Labute approximate surface area is 469 Å². The summed E-state index contributed by atoms with van der Waals surface area (Å²) in [6.45, 7) is 6.65. The molecule has 0 spiro atoms. The molecule has 13 nitrogen and oxygen atoms in total. The Kier molecular flexibility index (Phi) is 34.9. The number of carbonyl (C=O) groups excluding carboxylic acids is 2. The van der Waals surface area contributed by atoms with E-state index in [9.17, 15) is 29.4 Å². The highest BCUT2D eigenvalue weighted by Gasteiger charge is 2.48. The molecule has 2 amide bonds. The summed E-state index contributed by atoms with van der Waals surface area (Å²) in [5.74, 6) is -4.05. The Bertz CT molecular complexity index is 1980. The summed E-state index contributed by atoms with van der Waals surface area (Å²) in [6.07, 6.45) is 25.5. The van der Waals surface area contributed by atoms with Gasteiger partial charge in [-0.2, -0.15) is 0 Å². The molecule has 436 valence electrons. The van der Waals surface area contributed by atoms with E-state index in [2.05, 4.69) is 24.5 Å². The third-order valence-electron chi connectivity index (χ3n) is 15.1. The lowest BCUT2D eigenvalue weighted by Crippen LogP contribution is -2.61. The minimum absolute atomic E-state index is 0.171. The zero-order valence-corrected chi connectivity index (χ0v) is 48.0. The minimum atomic E-state index is -1.52. The molecule has 4 N–H and O–H groups in total. The van der Waals surface area contributed by atoms with Gasteiger partial charge in [-0.1, -0.05) is 259 Å². The van der Waals surface area contributed by atoms with Crippen LogP contribution in [0.3, 0.4) is 0 Å². The molecule has 1 saturated heterocycles. The monoisotopic (exact) mass is 1080 g/mol. The topological polar surface area (TPSA) is 179 Å². The molecule has 7 atom stereocenters. The van der Waals surface area contributed by atoms with Crippen molar-refractivity contribution in [2.75, 3.05) is 6.61 Å². The fourth-order valence-electron chi connectivity index (χ4n) is 10.3. The predicted molar refractivity (Wildman–Crippen MR) is 309 cm³/mol. The summed E-state index contributed by atoms with van der Waals surface area (Å²) in [4.78, 5) is 53.1. The zero-order valence-electron chi connectivity index (χ0n) is 48.0. The van der Waals surface area contributed by atoms with Crippen molar-refractivity contribution in [3.63, 3.8) is 0 Å². The quantitative estimate of drug-likeness (QED) is 0.0396. The Hall–Kier alpha value is -4.66. The summed E-state index contributed by atoms with van der Waals surface area (Å²) in [5, 5.41) is 25.1. The number of carbonyl (C=O) groups is 4. The number of hydrogen-bond acceptors (Lipinski definition) is 9. The van der Waals surface area contributed by atoms with Crippen LogP contribution in [0.5, 0.6) is 0 Å². The van der Waals surface area contributed by atoms with E-state index in [-0.39, 0.29) is 38.1 Å². The number of benzene rings is 3. The van der Waals surface area contributed by atoms with E-state index in [0.29, 0.717) is 12.8 Å². The zero-order chi connectivity index (χ0) is 55.8. The normalized spacial score (nSPS) is 18.1. The lowest BCUT2D eigenvalue weighted by Gasteiger charge is -2.45. The maximum absolute atomic E-state index is 14.7. The Balaban J connectivity index is 1.54. The van der Waals surface area contributed by atoms with Crippen molar-refractivity contribution in [3.8, 4) is 0 Å². The van der Waals surface area contributed by atoms with Crippen LogP contribution in [0.2, 0.25) is 0 Å². The van der Waals surface area contributed by atoms with Gasteiger partial charge < -0.3 is 44.5 Å². The summed E-state index contributed by atoms with van der Waals surface area (Å²) < 4.78 is 33.4. The van der Waals surface area contributed by atoms with Crippen molar-refractivity contribution in [1.82, 2.24) is 10.6 Å². The maximum atomic E-state index is 14.7. The van der Waals surface area contributed by atoms with Crippen LogP contribution in [-0.2, 0) is 62.7 Å². The summed E-state index contributed by atoms with van der Waals surface area (Å²) in [6, 6.07) is 26.4. The van der Waals surface area contributed by atoms with E-state index in [1.165, 1.54) is 116 Å². The molecule has 0 aliphatic carbocycles. The van der Waals surface area contributed by atoms with E-state index in [1.54, 1.807) is 0 Å². The van der Waals surface area contributed by atoms with Crippen molar-refractivity contribution in [3.05, 3.63) is 108 Å². The Morgan fingerprint density at radius 3 is 1.23 bits per heavy atom. The highest BCUT2D eigenvalue weighted by atomic mass is 16.7. The molecular weight excluding hydrogens is 985 g/mol. The van der Waals surface area contributed by atoms with Gasteiger partial charge in [-0.3, -0.25) is 14.4 Å². The van der Waals surface area contributed by atoms with Crippen LogP contribution in [0.25, 0.3) is 0 Å². The molecular formula is C65H100N2O11. The largest absolute Gasteiger partial charge is 0.481 e. The van der Waals surface area contributed by atoms with E-state index in [1.807, 2.05) is 97.9 Å². The van der Waals surface area contributed by atoms with E-state index in [0.717, 1.165) is 55.2 Å². The molecule has 13 heteroatoms. The van der Waals surface area contributed by atoms with Gasteiger partial charge in [0.2, 0.25) is 11.8 Å². The number of amides is 2. The van der Waals surface area contributed by atoms with E-state index in [4.69, 9.17) is 23.7 Å². The van der Waals surface area contributed by atoms with Crippen molar-refractivity contribution < 1.29 is 53.1 Å². The summed E-state index contributed by atoms with van der Waals surface area (Å²) in [5.41, 5.74) is 2.81. The third kappa shape index (κ3) is 28.0. The van der Waals surface area contributed by atoms with Crippen LogP contribution in [0.4, 0.5) is 0 Å². The molecule has 1 heterocycles. The average molecular weight is 1090 g/mol. The van der Waals surface area contributed by atoms with E-state index >= 15 is 0 Å². The number of carboxylic acid groups (broad SMARTS) is 2. The Morgan fingerprint density at radius 2 is 0.833 bits per heavy atom. The highest BCUT2D eigenvalue weighted by Crippen LogP contribution is 2.32. The number of ether oxygens (including phenoxy) is 5. The highest BCUT2D eigenvalue weighted by molar-refractivity contribution is 5.91. The fraction of sp³-hybridized carbons (Fsp3) is 0.662. The predicted octanol–water partition coefficient (Wildman–Crippen LogP) is 14.2. The van der Waals surface area contributed by atoms with Gasteiger partial charge in [-0.15, -0.1) is 0 Å². The molecule has 0 aromatic heterocycles. The van der Waals surface area contributed by atoms with Crippen molar-refractivity contribution >= 4 is 23.8 Å². The maximum Gasteiger partial charge on any atom is 0.326 e. The molecule has 1 aliphatic rings. The molecule has 3 aromatic carbocycles. The fourth-order valence-corrected chi connectivity index (χ4v) is 10.3. The SMILES string of the molecule is CCCCCCCCCCCCCCC(CCCCCCCCCCCCCC)C(=O)N[C@H](CO[C@@H]1O[C@@H](C)[C@@H](OCc2ccccc2)[C@@H](OCc2ccccc2)[C@@H]1OCc1ccccc1)C(=O)N[C@@H](CCC(=O)O)C(=O)O. The molecule has 0 bridgehead atoms. The van der Waals surface area contributed by atoms with Crippen LogP contribution in [0.15, 0.2) is 91.0 Å². The van der Waals surface area contributed by atoms with Gasteiger partial charge >= 0.3 is 11.9 Å². The first-order chi connectivity index (χ1) is 38.1. The van der Waals surface area contributed by atoms with Crippen LogP contribution < -0.4 is 10.6 Å². The molecule has 0 unspecified atom stereocenters. The van der Waals surface area contributed by atoms with Gasteiger partial charge in [0.25, 0.3) is 0 Å². The number of rotatable bonds is 46. The Morgan fingerprint density at radius 1 is 0.462 bits per heavy atom. The van der Waals surface area contributed by atoms with Gasteiger partial charge in [0.05, 0.1) is 32.5 Å². The number of nitrogens with one attached hydrogen (secondary N) is 2. The lowest BCUT2D eigenvalue weighted by atomic mass is 9.92. The number of aliphatic carboxylic acids is 2. The lowest BCUT2D eigenvalue weighted by molar-refractivity contribution is -0.320. The molecule has 1 aliphatic heterocycles.